The van der Waals surface area contributed by atoms with E-state index in [4.69, 9.17) is 0 Å². The molecule has 4 heteroatoms. The Balaban J connectivity index is 2.68. The highest BCUT2D eigenvalue weighted by molar-refractivity contribution is 5.97. The normalized spacial score (nSPS) is 10.2. The highest BCUT2D eigenvalue weighted by atomic mass is 19.2. The van der Waals surface area contributed by atoms with E-state index in [9.17, 15) is 13.6 Å². The van der Waals surface area contributed by atoms with E-state index in [-0.39, 0.29) is 5.56 Å². The zero-order valence-electron chi connectivity index (χ0n) is 9.61. The largest absolute Gasteiger partial charge is 0.465 e. The van der Waals surface area contributed by atoms with Crippen molar-refractivity contribution in [1.29, 1.82) is 0 Å². The summed E-state index contributed by atoms with van der Waals surface area (Å²) < 4.78 is 31.4. The fourth-order valence-electron chi connectivity index (χ4n) is 1.71. The molecule has 0 heterocycles. The van der Waals surface area contributed by atoms with Gasteiger partial charge < -0.3 is 4.74 Å². The average molecular weight is 248 g/mol. The van der Waals surface area contributed by atoms with Crippen LogP contribution in [0.1, 0.15) is 10.4 Å². The third-order valence-corrected chi connectivity index (χ3v) is 2.57. The van der Waals surface area contributed by atoms with Crippen molar-refractivity contribution in [3.63, 3.8) is 0 Å². The quantitative estimate of drug-likeness (QED) is 0.761. The molecule has 92 valence electrons. The van der Waals surface area contributed by atoms with Crippen molar-refractivity contribution in [3.05, 3.63) is 59.7 Å². The van der Waals surface area contributed by atoms with Gasteiger partial charge in [0.15, 0.2) is 11.6 Å². The Morgan fingerprint density at radius 1 is 1.06 bits per heavy atom. The predicted octanol–water partition coefficient (Wildman–Crippen LogP) is 3.42. The number of halogens is 2. The lowest BCUT2D eigenvalue weighted by atomic mass is 9.99. The first kappa shape index (κ1) is 12.2. The number of carbonyl (C=O) groups is 1. The van der Waals surface area contributed by atoms with Crippen LogP contribution in [0.15, 0.2) is 42.5 Å². The molecule has 18 heavy (non-hydrogen) atoms. The van der Waals surface area contributed by atoms with Gasteiger partial charge in [0.2, 0.25) is 0 Å². The third kappa shape index (κ3) is 2.09. The SMILES string of the molecule is COC(=O)c1c(-c2ccccc2)ccc(F)c1F. The van der Waals surface area contributed by atoms with E-state index in [0.717, 1.165) is 13.2 Å². The average Bonchev–Trinajstić information content (AvgIpc) is 2.42. The van der Waals surface area contributed by atoms with Gasteiger partial charge in [0.05, 0.1) is 7.11 Å². The van der Waals surface area contributed by atoms with Crippen LogP contribution in [0, 0.1) is 11.6 Å². The standard InChI is InChI=1S/C14H10F2O2/c1-18-14(17)12-10(7-8-11(15)13(12)16)9-5-3-2-4-6-9/h2-8H,1H3. The summed E-state index contributed by atoms with van der Waals surface area (Å²) in [6.07, 6.45) is 0. The maximum Gasteiger partial charge on any atom is 0.341 e. The lowest BCUT2D eigenvalue weighted by Gasteiger charge is -2.09. The highest BCUT2D eigenvalue weighted by Crippen LogP contribution is 2.27. The summed E-state index contributed by atoms with van der Waals surface area (Å²) in [4.78, 5) is 11.6. The van der Waals surface area contributed by atoms with Gasteiger partial charge in [0.1, 0.15) is 5.56 Å². The molecule has 0 amide bonds. The van der Waals surface area contributed by atoms with Crippen LogP contribution in [0.5, 0.6) is 0 Å². The summed E-state index contributed by atoms with van der Waals surface area (Å²) in [7, 11) is 1.13. The number of benzene rings is 2. The molecule has 0 fully saturated rings. The topological polar surface area (TPSA) is 26.3 Å². The fraction of sp³-hybridized carbons (Fsp3) is 0.0714. The van der Waals surface area contributed by atoms with Gasteiger partial charge in [0, 0.05) is 0 Å². The number of methoxy groups -OCH3 is 1. The molecule has 0 spiro atoms. The number of hydrogen-bond donors (Lipinski definition) is 0. The number of hydrogen-bond acceptors (Lipinski definition) is 2. The molecule has 0 aliphatic carbocycles. The second-order valence-electron chi connectivity index (χ2n) is 3.64. The number of carbonyl (C=O) groups excluding carboxylic acids is 1. The van der Waals surface area contributed by atoms with Crippen molar-refractivity contribution in [2.45, 2.75) is 0 Å². The molecule has 0 aromatic heterocycles. The molecule has 0 bridgehead atoms. The monoisotopic (exact) mass is 248 g/mol. The van der Waals surface area contributed by atoms with Crippen molar-refractivity contribution >= 4 is 5.97 Å². The molecule has 0 saturated heterocycles. The minimum Gasteiger partial charge on any atom is -0.465 e. The summed E-state index contributed by atoms with van der Waals surface area (Å²) in [6.45, 7) is 0. The first-order valence-electron chi connectivity index (χ1n) is 5.27. The first-order valence-corrected chi connectivity index (χ1v) is 5.27. The molecule has 0 aliphatic heterocycles. The van der Waals surface area contributed by atoms with Crippen LogP contribution in [0.2, 0.25) is 0 Å². The molecule has 2 aromatic rings. The second kappa shape index (κ2) is 4.96. The van der Waals surface area contributed by atoms with Crippen LogP contribution in [0.3, 0.4) is 0 Å². The molecule has 0 radical (unpaired) electrons. The van der Waals surface area contributed by atoms with Gasteiger partial charge in [-0.05, 0) is 17.2 Å². The summed E-state index contributed by atoms with van der Waals surface area (Å²) in [6, 6.07) is 11.1. The summed E-state index contributed by atoms with van der Waals surface area (Å²) in [5, 5.41) is 0. The van der Waals surface area contributed by atoms with Crippen LogP contribution in [-0.4, -0.2) is 13.1 Å². The molecule has 0 saturated carbocycles. The third-order valence-electron chi connectivity index (χ3n) is 2.57. The van der Waals surface area contributed by atoms with Gasteiger partial charge in [-0.3, -0.25) is 0 Å². The van der Waals surface area contributed by atoms with Crippen LogP contribution in [0.25, 0.3) is 11.1 Å². The Hall–Kier alpha value is -2.23. The van der Waals surface area contributed by atoms with Gasteiger partial charge in [-0.1, -0.05) is 36.4 Å². The van der Waals surface area contributed by atoms with Crippen LogP contribution in [0.4, 0.5) is 8.78 Å². The molecular formula is C14H10F2O2. The molecule has 2 aromatic carbocycles. The molecular weight excluding hydrogens is 238 g/mol. The maximum absolute atomic E-state index is 13.7. The van der Waals surface area contributed by atoms with Crippen molar-refractivity contribution in [2.24, 2.45) is 0 Å². The van der Waals surface area contributed by atoms with Crippen LogP contribution < -0.4 is 0 Å². The Kier molecular flexibility index (Phi) is 3.37. The van der Waals surface area contributed by atoms with Crippen molar-refractivity contribution < 1.29 is 18.3 Å². The number of rotatable bonds is 2. The Labute approximate surface area is 103 Å². The Morgan fingerprint density at radius 2 is 1.72 bits per heavy atom. The maximum atomic E-state index is 13.7. The summed E-state index contributed by atoms with van der Waals surface area (Å²) in [5.41, 5.74) is 0.543. The number of ether oxygens (including phenoxy) is 1. The van der Waals surface area contributed by atoms with E-state index in [1.54, 1.807) is 30.3 Å². The second-order valence-corrected chi connectivity index (χ2v) is 3.64. The Morgan fingerprint density at radius 3 is 2.33 bits per heavy atom. The van der Waals surface area contributed by atoms with E-state index in [1.807, 2.05) is 0 Å². The molecule has 2 nitrogen and oxygen atoms in total. The van der Waals surface area contributed by atoms with E-state index in [1.165, 1.54) is 6.07 Å². The Bertz CT molecular complexity index is 580. The molecule has 0 unspecified atom stereocenters. The molecule has 2 rings (SSSR count). The van der Waals surface area contributed by atoms with E-state index < -0.39 is 17.6 Å². The first-order chi connectivity index (χ1) is 8.65. The molecule has 0 N–H and O–H groups in total. The predicted molar refractivity (Wildman–Crippen MR) is 63.1 cm³/mol. The summed E-state index contributed by atoms with van der Waals surface area (Å²) >= 11 is 0. The summed E-state index contributed by atoms with van der Waals surface area (Å²) in [5.74, 6) is -3.16. The van der Waals surface area contributed by atoms with Crippen LogP contribution in [-0.2, 0) is 4.74 Å². The molecule has 0 atom stereocenters. The van der Waals surface area contributed by atoms with Gasteiger partial charge >= 0.3 is 5.97 Å². The van der Waals surface area contributed by atoms with Crippen molar-refractivity contribution in [3.8, 4) is 11.1 Å². The van der Waals surface area contributed by atoms with Gasteiger partial charge in [0.25, 0.3) is 0 Å². The van der Waals surface area contributed by atoms with E-state index >= 15 is 0 Å². The van der Waals surface area contributed by atoms with Gasteiger partial charge in [-0.15, -0.1) is 0 Å². The smallest absolute Gasteiger partial charge is 0.341 e. The van der Waals surface area contributed by atoms with Gasteiger partial charge in [-0.2, -0.15) is 0 Å². The fourth-order valence-corrected chi connectivity index (χ4v) is 1.71. The number of esters is 1. The van der Waals surface area contributed by atoms with Crippen LogP contribution >= 0.6 is 0 Å². The zero-order valence-corrected chi connectivity index (χ0v) is 9.61. The van der Waals surface area contributed by atoms with E-state index in [0.29, 0.717) is 11.1 Å². The highest BCUT2D eigenvalue weighted by Gasteiger charge is 2.21. The van der Waals surface area contributed by atoms with Crippen molar-refractivity contribution in [1.82, 2.24) is 0 Å². The lowest BCUT2D eigenvalue weighted by Crippen LogP contribution is -2.08. The lowest BCUT2D eigenvalue weighted by molar-refractivity contribution is 0.0595. The zero-order chi connectivity index (χ0) is 13.1. The minimum atomic E-state index is -1.19. The van der Waals surface area contributed by atoms with Gasteiger partial charge in [-0.25, -0.2) is 13.6 Å². The van der Waals surface area contributed by atoms with E-state index in [2.05, 4.69) is 4.74 Å². The van der Waals surface area contributed by atoms with Crippen molar-refractivity contribution in [2.75, 3.05) is 7.11 Å². The minimum absolute atomic E-state index is 0.307. The molecule has 0 aliphatic rings.